The molecule has 0 radical (unpaired) electrons. The van der Waals surface area contributed by atoms with Crippen molar-refractivity contribution in [2.24, 2.45) is 0 Å². The van der Waals surface area contributed by atoms with E-state index in [0.717, 1.165) is 32.3 Å². The Labute approximate surface area is 217 Å². The molecule has 0 bridgehead atoms. The molecule has 1 nitrogen and oxygen atoms in total. The zero-order valence-electron chi connectivity index (χ0n) is 22.0. The van der Waals surface area contributed by atoms with Gasteiger partial charge in [-0.2, -0.15) is 0 Å². The van der Waals surface area contributed by atoms with E-state index < -0.39 is 8.32 Å². The van der Waals surface area contributed by atoms with E-state index in [4.69, 9.17) is 4.43 Å². The van der Waals surface area contributed by atoms with Crippen LogP contribution in [0.15, 0.2) is 84.9 Å². The Bertz CT molecular complexity index is 1350. The molecule has 0 amide bonds. The van der Waals surface area contributed by atoms with Crippen LogP contribution in [0.1, 0.15) is 53.1 Å². The first-order valence-corrected chi connectivity index (χ1v) is 16.8. The molecule has 2 heteroatoms. The first-order valence-electron chi connectivity index (χ1n) is 13.4. The van der Waals surface area contributed by atoms with Crippen LogP contribution < -0.4 is 0 Å². The van der Waals surface area contributed by atoms with E-state index in [1.807, 2.05) is 0 Å². The fourth-order valence-electron chi connectivity index (χ4n) is 6.57. The number of rotatable bonds is 7. The van der Waals surface area contributed by atoms with Crippen LogP contribution in [0.3, 0.4) is 0 Å². The number of benzene rings is 4. The molecule has 0 unspecified atom stereocenters. The second-order valence-electron chi connectivity index (χ2n) is 11.7. The summed E-state index contributed by atoms with van der Waals surface area (Å²) in [6.07, 6.45) is 4.20. The van der Waals surface area contributed by atoms with E-state index in [1.165, 1.54) is 55.6 Å². The summed E-state index contributed by atoms with van der Waals surface area (Å²) in [4.78, 5) is 0. The zero-order valence-corrected chi connectivity index (χ0v) is 23.0. The maximum absolute atomic E-state index is 6.32. The van der Waals surface area contributed by atoms with Crippen LogP contribution in [-0.4, -0.2) is 14.9 Å². The van der Waals surface area contributed by atoms with Gasteiger partial charge in [-0.15, -0.1) is 0 Å². The van der Waals surface area contributed by atoms with Crippen LogP contribution in [0.5, 0.6) is 0 Å². The van der Waals surface area contributed by atoms with Gasteiger partial charge in [0, 0.05) is 12.0 Å². The van der Waals surface area contributed by atoms with Crippen LogP contribution >= 0.6 is 0 Å². The average molecular weight is 489 g/mol. The Morgan fingerprint density at radius 1 is 0.639 bits per heavy atom. The van der Waals surface area contributed by atoms with Crippen molar-refractivity contribution in [3.05, 3.63) is 118 Å². The quantitative estimate of drug-likeness (QED) is 0.161. The molecule has 4 aromatic rings. The average Bonchev–Trinajstić information content (AvgIpc) is 3.44. The van der Waals surface area contributed by atoms with Crippen LogP contribution in [-0.2, 0) is 22.7 Å². The summed E-state index contributed by atoms with van der Waals surface area (Å²) in [7, 11) is -1.53. The van der Waals surface area contributed by atoms with Crippen LogP contribution in [0.2, 0.25) is 19.6 Å². The van der Waals surface area contributed by atoms with Gasteiger partial charge in [-0.3, -0.25) is 0 Å². The second-order valence-corrected chi connectivity index (χ2v) is 16.2. The molecule has 0 heterocycles. The first kappa shape index (κ1) is 23.5. The van der Waals surface area contributed by atoms with Gasteiger partial charge in [0.1, 0.15) is 0 Å². The molecule has 0 fully saturated rings. The minimum Gasteiger partial charge on any atom is -0.418 e. The lowest BCUT2D eigenvalue weighted by molar-refractivity contribution is 0.287. The molecular formula is C34H36OSi. The molecule has 0 aromatic heterocycles. The Morgan fingerprint density at radius 3 is 1.61 bits per heavy atom. The molecule has 0 atom stereocenters. The van der Waals surface area contributed by atoms with Crippen molar-refractivity contribution in [3.63, 3.8) is 0 Å². The molecule has 0 aliphatic heterocycles. The van der Waals surface area contributed by atoms with E-state index >= 15 is 0 Å². The van der Waals surface area contributed by atoms with Gasteiger partial charge in [-0.25, -0.2) is 0 Å². The Hall–Kier alpha value is -2.94. The van der Waals surface area contributed by atoms with E-state index in [2.05, 4.69) is 111 Å². The smallest absolute Gasteiger partial charge is 0.183 e. The third-order valence-corrected chi connectivity index (χ3v) is 9.32. The van der Waals surface area contributed by atoms with Crippen LogP contribution in [0.25, 0.3) is 22.3 Å². The Morgan fingerprint density at radius 2 is 1.11 bits per heavy atom. The van der Waals surface area contributed by atoms with Gasteiger partial charge in [-0.1, -0.05) is 91.9 Å². The Kier molecular flexibility index (Phi) is 5.78. The maximum Gasteiger partial charge on any atom is 0.183 e. The second kappa shape index (κ2) is 8.87. The largest absolute Gasteiger partial charge is 0.418 e. The molecule has 2 aliphatic carbocycles. The lowest BCUT2D eigenvalue weighted by Crippen LogP contribution is -2.29. The summed E-state index contributed by atoms with van der Waals surface area (Å²) in [5.41, 5.74) is 14.5. The summed E-state index contributed by atoms with van der Waals surface area (Å²) in [6.45, 7) is 10.2. The standard InChI is InChI=1S/C34H36OSi/c1-34(20-11-21-35-36(2,3)4,32-18-9-16-28-26-14-7-5-12-24(26)22-30(28)32)33-19-10-17-29-27-15-8-6-13-25(27)23-31(29)33/h5-10,12-19H,11,20-23H2,1-4H3. The molecule has 182 valence electrons. The number of hydrogen-bond acceptors (Lipinski definition) is 1. The normalized spacial score (nSPS) is 13.8. The zero-order chi connectivity index (χ0) is 24.9. The van der Waals surface area contributed by atoms with Gasteiger partial charge in [0.25, 0.3) is 0 Å². The molecule has 6 rings (SSSR count). The summed E-state index contributed by atoms with van der Waals surface area (Å²) < 4.78 is 6.32. The van der Waals surface area contributed by atoms with Gasteiger partial charge in [0.2, 0.25) is 0 Å². The third-order valence-electron chi connectivity index (χ3n) is 8.25. The SMILES string of the molecule is CC(CCCO[Si](C)(C)C)(c1cccc2c1Cc1ccccc1-2)c1cccc2c1Cc1ccccc1-2. The number of fused-ring (bicyclic) bond motifs is 6. The third kappa shape index (κ3) is 3.97. The van der Waals surface area contributed by atoms with E-state index in [-0.39, 0.29) is 5.41 Å². The van der Waals surface area contributed by atoms with Crippen LogP contribution in [0.4, 0.5) is 0 Å². The first-order chi connectivity index (χ1) is 17.4. The van der Waals surface area contributed by atoms with E-state index in [9.17, 15) is 0 Å². The van der Waals surface area contributed by atoms with Gasteiger partial charge in [-0.05, 0) is 101 Å². The van der Waals surface area contributed by atoms with Crippen molar-refractivity contribution >= 4 is 8.32 Å². The monoisotopic (exact) mass is 488 g/mol. The number of hydrogen-bond donors (Lipinski definition) is 0. The van der Waals surface area contributed by atoms with Gasteiger partial charge in [0.05, 0.1) is 0 Å². The predicted molar refractivity (Wildman–Crippen MR) is 154 cm³/mol. The van der Waals surface area contributed by atoms with Crippen molar-refractivity contribution in [2.45, 2.75) is 57.7 Å². The molecular weight excluding hydrogens is 452 g/mol. The Balaban J connectivity index is 1.47. The molecule has 0 saturated heterocycles. The molecule has 0 saturated carbocycles. The highest BCUT2D eigenvalue weighted by Crippen LogP contribution is 2.49. The van der Waals surface area contributed by atoms with Crippen molar-refractivity contribution in [2.75, 3.05) is 6.61 Å². The van der Waals surface area contributed by atoms with Gasteiger partial charge >= 0.3 is 0 Å². The summed E-state index contributed by atoms with van der Waals surface area (Å²) >= 11 is 0. The van der Waals surface area contributed by atoms with E-state index in [0.29, 0.717) is 0 Å². The van der Waals surface area contributed by atoms with Crippen molar-refractivity contribution in [1.82, 2.24) is 0 Å². The maximum atomic E-state index is 6.32. The van der Waals surface area contributed by atoms with Crippen molar-refractivity contribution in [1.29, 1.82) is 0 Å². The molecule has 4 aromatic carbocycles. The summed E-state index contributed by atoms with van der Waals surface area (Å²) in [5, 5.41) is 0. The van der Waals surface area contributed by atoms with Gasteiger partial charge in [0.15, 0.2) is 8.32 Å². The lowest BCUT2D eigenvalue weighted by Gasteiger charge is -2.35. The summed E-state index contributed by atoms with van der Waals surface area (Å²) in [6, 6.07) is 31.9. The lowest BCUT2D eigenvalue weighted by atomic mass is 9.69. The van der Waals surface area contributed by atoms with Crippen molar-refractivity contribution in [3.8, 4) is 22.3 Å². The fraction of sp³-hybridized carbons (Fsp3) is 0.294. The van der Waals surface area contributed by atoms with Crippen molar-refractivity contribution < 1.29 is 4.43 Å². The molecule has 36 heavy (non-hydrogen) atoms. The van der Waals surface area contributed by atoms with Crippen LogP contribution in [0, 0.1) is 0 Å². The highest BCUT2D eigenvalue weighted by Gasteiger charge is 2.37. The highest BCUT2D eigenvalue weighted by atomic mass is 28.4. The fourth-order valence-corrected chi connectivity index (χ4v) is 7.32. The topological polar surface area (TPSA) is 9.23 Å². The molecule has 0 N–H and O–H groups in total. The molecule has 0 spiro atoms. The highest BCUT2D eigenvalue weighted by molar-refractivity contribution is 6.69. The van der Waals surface area contributed by atoms with E-state index in [1.54, 1.807) is 0 Å². The van der Waals surface area contributed by atoms with Gasteiger partial charge < -0.3 is 4.43 Å². The predicted octanol–water partition coefficient (Wildman–Crippen LogP) is 8.77. The minimum absolute atomic E-state index is 0.0798. The summed E-state index contributed by atoms with van der Waals surface area (Å²) in [5.74, 6) is 0. The minimum atomic E-state index is -1.53. The molecule has 2 aliphatic rings.